The summed E-state index contributed by atoms with van der Waals surface area (Å²) in [6.07, 6.45) is 2.57. The lowest BCUT2D eigenvalue weighted by atomic mass is 10.1. The van der Waals surface area contributed by atoms with Crippen molar-refractivity contribution in [1.29, 1.82) is 0 Å². The normalized spacial score (nSPS) is 24.6. The highest BCUT2D eigenvalue weighted by molar-refractivity contribution is 5.55. The SMILES string of the molecule is CN1CCCC(Nc2ccc(N3CCOCC3)cc2)C1. The van der Waals surface area contributed by atoms with Crippen molar-refractivity contribution in [2.75, 3.05) is 56.7 Å². The number of rotatable bonds is 3. The van der Waals surface area contributed by atoms with Crippen molar-refractivity contribution >= 4 is 11.4 Å². The molecule has 2 saturated heterocycles. The molecule has 0 radical (unpaired) electrons. The number of piperidine rings is 1. The molecule has 1 unspecified atom stereocenters. The van der Waals surface area contributed by atoms with E-state index in [4.69, 9.17) is 4.74 Å². The highest BCUT2D eigenvalue weighted by Crippen LogP contribution is 2.21. The van der Waals surface area contributed by atoms with E-state index in [1.54, 1.807) is 0 Å². The molecule has 2 fully saturated rings. The summed E-state index contributed by atoms with van der Waals surface area (Å²) in [6, 6.07) is 9.45. The van der Waals surface area contributed by atoms with Gasteiger partial charge in [0, 0.05) is 37.1 Å². The Bertz CT molecular complexity index is 414. The number of likely N-dealkylation sites (N-methyl/N-ethyl adjacent to an activating group) is 1. The lowest BCUT2D eigenvalue weighted by Crippen LogP contribution is -2.39. The molecular formula is C16H25N3O. The van der Waals surface area contributed by atoms with Crippen LogP contribution in [0.4, 0.5) is 11.4 Å². The number of nitrogens with one attached hydrogen (secondary N) is 1. The Hall–Kier alpha value is -1.26. The van der Waals surface area contributed by atoms with Gasteiger partial charge in [-0.3, -0.25) is 0 Å². The van der Waals surface area contributed by atoms with E-state index in [0.29, 0.717) is 6.04 Å². The third-order valence-corrected chi connectivity index (χ3v) is 4.24. The molecule has 20 heavy (non-hydrogen) atoms. The fourth-order valence-electron chi connectivity index (χ4n) is 3.11. The smallest absolute Gasteiger partial charge is 0.0642 e. The molecule has 0 aliphatic carbocycles. The zero-order chi connectivity index (χ0) is 13.8. The molecule has 3 rings (SSSR count). The summed E-state index contributed by atoms with van der Waals surface area (Å²) in [5.74, 6) is 0. The van der Waals surface area contributed by atoms with E-state index in [2.05, 4.69) is 46.4 Å². The van der Waals surface area contributed by atoms with Crippen molar-refractivity contribution in [1.82, 2.24) is 4.90 Å². The summed E-state index contributed by atoms with van der Waals surface area (Å²) in [7, 11) is 2.20. The van der Waals surface area contributed by atoms with Gasteiger partial charge in [-0.05, 0) is 50.7 Å². The number of hydrogen-bond acceptors (Lipinski definition) is 4. The quantitative estimate of drug-likeness (QED) is 0.913. The van der Waals surface area contributed by atoms with Crippen molar-refractivity contribution in [2.45, 2.75) is 18.9 Å². The Morgan fingerprint density at radius 2 is 1.85 bits per heavy atom. The molecule has 0 aromatic heterocycles. The van der Waals surface area contributed by atoms with Gasteiger partial charge < -0.3 is 19.9 Å². The first-order chi connectivity index (χ1) is 9.81. The van der Waals surface area contributed by atoms with Crippen molar-refractivity contribution < 1.29 is 4.74 Å². The number of nitrogens with zero attached hydrogens (tertiary/aromatic N) is 2. The van der Waals surface area contributed by atoms with E-state index in [9.17, 15) is 0 Å². The van der Waals surface area contributed by atoms with Crippen molar-refractivity contribution in [2.24, 2.45) is 0 Å². The standard InChI is InChI=1S/C16H25N3O/c1-18-8-2-3-15(13-18)17-14-4-6-16(7-5-14)19-9-11-20-12-10-19/h4-7,15,17H,2-3,8-13H2,1H3. The molecule has 0 spiro atoms. The van der Waals surface area contributed by atoms with Gasteiger partial charge in [0.05, 0.1) is 13.2 Å². The van der Waals surface area contributed by atoms with Gasteiger partial charge in [-0.1, -0.05) is 0 Å². The molecule has 0 bridgehead atoms. The minimum Gasteiger partial charge on any atom is -0.381 e. The van der Waals surface area contributed by atoms with Crippen LogP contribution in [0.3, 0.4) is 0 Å². The molecule has 0 saturated carbocycles. The number of morpholine rings is 1. The number of ether oxygens (including phenoxy) is 1. The van der Waals surface area contributed by atoms with Gasteiger partial charge in [0.1, 0.15) is 0 Å². The average molecular weight is 275 g/mol. The maximum absolute atomic E-state index is 5.40. The van der Waals surface area contributed by atoms with E-state index in [0.717, 1.165) is 32.8 Å². The van der Waals surface area contributed by atoms with E-state index < -0.39 is 0 Å². The zero-order valence-electron chi connectivity index (χ0n) is 12.3. The van der Waals surface area contributed by atoms with Crippen molar-refractivity contribution in [3.63, 3.8) is 0 Å². The third-order valence-electron chi connectivity index (χ3n) is 4.24. The molecule has 1 aromatic carbocycles. The zero-order valence-corrected chi connectivity index (χ0v) is 12.3. The molecule has 4 nitrogen and oxygen atoms in total. The van der Waals surface area contributed by atoms with Crippen molar-refractivity contribution in [3.05, 3.63) is 24.3 Å². The summed E-state index contributed by atoms with van der Waals surface area (Å²) < 4.78 is 5.40. The molecule has 1 N–H and O–H groups in total. The third kappa shape index (κ3) is 3.44. The minimum atomic E-state index is 0.586. The fourth-order valence-corrected chi connectivity index (χ4v) is 3.11. The molecule has 1 atom stereocenters. The van der Waals surface area contributed by atoms with Crippen LogP contribution in [-0.2, 0) is 4.74 Å². The average Bonchev–Trinajstić information content (AvgIpc) is 2.49. The van der Waals surface area contributed by atoms with Crippen LogP contribution in [0.25, 0.3) is 0 Å². The second kappa shape index (κ2) is 6.46. The van der Waals surface area contributed by atoms with Crippen LogP contribution in [0.15, 0.2) is 24.3 Å². The topological polar surface area (TPSA) is 27.7 Å². The Balaban J connectivity index is 1.58. The summed E-state index contributed by atoms with van der Waals surface area (Å²) in [5, 5.41) is 3.66. The van der Waals surface area contributed by atoms with Gasteiger partial charge in [0.25, 0.3) is 0 Å². The monoisotopic (exact) mass is 275 g/mol. The van der Waals surface area contributed by atoms with Gasteiger partial charge in [-0.15, -0.1) is 0 Å². The van der Waals surface area contributed by atoms with Crippen LogP contribution in [0, 0.1) is 0 Å². The largest absolute Gasteiger partial charge is 0.381 e. The number of hydrogen-bond donors (Lipinski definition) is 1. The van der Waals surface area contributed by atoms with Crippen LogP contribution in [0.5, 0.6) is 0 Å². The molecular weight excluding hydrogens is 250 g/mol. The Labute approximate surface area is 121 Å². The second-order valence-electron chi connectivity index (χ2n) is 5.89. The van der Waals surface area contributed by atoms with E-state index >= 15 is 0 Å². The molecule has 1 aromatic rings. The lowest BCUT2D eigenvalue weighted by Gasteiger charge is -2.31. The van der Waals surface area contributed by atoms with Crippen molar-refractivity contribution in [3.8, 4) is 0 Å². The molecule has 2 aliphatic rings. The van der Waals surface area contributed by atoms with E-state index in [1.165, 1.54) is 30.8 Å². The molecule has 0 amide bonds. The highest BCUT2D eigenvalue weighted by atomic mass is 16.5. The first-order valence-electron chi connectivity index (χ1n) is 7.69. The fraction of sp³-hybridized carbons (Fsp3) is 0.625. The highest BCUT2D eigenvalue weighted by Gasteiger charge is 2.17. The maximum atomic E-state index is 5.40. The van der Waals surface area contributed by atoms with Crippen LogP contribution < -0.4 is 10.2 Å². The number of benzene rings is 1. The van der Waals surface area contributed by atoms with Crippen LogP contribution in [0.2, 0.25) is 0 Å². The van der Waals surface area contributed by atoms with E-state index in [1.807, 2.05) is 0 Å². The molecule has 2 heterocycles. The Kier molecular flexibility index (Phi) is 4.43. The molecule has 4 heteroatoms. The van der Waals surface area contributed by atoms with Crippen LogP contribution >= 0.6 is 0 Å². The first kappa shape index (κ1) is 13.7. The summed E-state index contributed by atoms with van der Waals surface area (Å²) >= 11 is 0. The number of anilines is 2. The summed E-state index contributed by atoms with van der Waals surface area (Å²) in [4.78, 5) is 4.80. The molecule has 2 aliphatic heterocycles. The van der Waals surface area contributed by atoms with Gasteiger partial charge in [0.2, 0.25) is 0 Å². The van der Waals surface area contributed by atoms with Gasteiger partial charge >= 0.3 is 0 Å². The van der Waals surface area contributed by atoms with E-state index in [-0.39, 0.29) is 0 Å². The lowest BCUT2D eigenvalue weighted by molar-refractivity contribution is 0.122. The van der Waals surface area contributed by atoms with Gasteiger partial charge in [-0.25, -0.2) is 0 Å². The van der Waals surface area contributed by atoms with Crippen LogP contribution in [0.1, 0.15) is 12.8 Å². The minimum absolute atomic E-state index is 0.586. The molecule has 110 valence electrons. The number of likely N-dealkylation sites (tertiary alicyclic amines) is 1. The van der Waals surface area contributed by atoms with Crippen LogP contribution in [-0.4, -0.2) is 57.4 Å². The Morgan fingerprint density at radius 3 is 2.55 bits per heavy atom. The summed E-state index contributed by atoms with van der Waals surface area (Å²) in [6.45, 7) is 6.06. The Morgan fingerprint density at radius 1 is 1.10 bits per heavy atom. The first-order valence-corrected chi connectivity index (χ1v) is 7.69. The van der Waals surface area contributed by atoms with Gasteiger partial charge in [-0.2, -0.15) is 0 Å². The summed E-state index contributed by atoms with van der Waals surface area (Å²) in [5.41, 5.74) is 2.54. The van der Waals surface area contributed by atoms with Gasteiger partial charge in [0.15, 0.2) is 0 Å². The predicted molar refractivity (Wildman–Crippen MR) is 83.6 cm³/mol. The predicted octanol–water partition coefficient (Wildman–Crippen LogP) is 2.03. The maximum Gasteiger partial charge on any atom is 0.0642 e. The second-order valence-corrected chi connectivity index (χ2v) is 5.89.